The van der Waals surface area contributed by atoms with Crippen molar-refractivity contribution < 1.29 is 84.0 Å². The number of likely N-dealkylation sites (tertiary alicyclic amines) is 4. The molecule has 720 valence electrons. The SMILES string of the molecule is COc1cc(C2CCN(C[C@H](O)COc3cccc4oc(-c5nnc(C)o5)cc34)CC2)ccc1Cl.Cc1nnc(-c2cc3c(OC[C@@H](O)CN4CCC(c5ccc(C)c(Cl)c5)CC4)cccc3o2)o1.Cc1nnc(-c2cc3c(OC[C@@H](O)CN4CCC(c5ccc(Cl)c(C)c5)CC4)cccc3o2)o1.Cc1nnc(-c2cc3c(OC[C@@H](O)CN4CCC(c5ccc6oncc6c5)CC4)cccc3o2)o1. The second kappa shape index (κ2) is 44.1. The Morgan fingerprint density at radius 1 is 0.319 bits per heavy atom. The summed E-state index contributed by atoms with van der Waals surface area (Å²) in [4.78, 5) is 9.19. The van der Waals surface area contributed by atoms with Crippen LogP contribution in [0.15, 0.2) is 216 Å². The number of hydrogen-bond donors (Lipinski definition) is 4. The van der Waals surface area contributed by atoms with Crippen LogP contribution in [0.5, 0.6) is 28.7 Å². The van der Waals surface area contributed by atoms with Gasteiger partial charge in [-0.2, -0.15) is 0 Å². The van der Waals surface area contributed by atoms with Crippen LogP contribution in [0.25, 0.3) is 101 Å². The molecule has 34 heteroatoms. The van der Waals surface area contributed by atoms with Crippen molar-refractivity contribution in [3.05, 3.63) is 248 Å². The average Bonchev–Trinajstić information content (AvgIpc) is 1.66. The second-order valence-electron chi connectivity index (χ2n) is 35.8. The Hall–Kier alpha value is -12.5. The van der Waals surface area contributed by atoms with Crippen LogP contribution in [0.4, 0.5) is 0 Å². The van der Waals surface area contributed by atoms with Crippen LogP contribution in [-0.2, 0) is 0 Å². The zero-order chi connectivity index (χ0) is 95.5. The van der Waals surface area contributed by atoms with Gasteiger partial charge in [-0.1, -0.05) is 101 Å². The molecule has 8 aromatic carbocycles. The molecule has 13 heterocycles. The molecule has 0 spiro atoms. The monoisotopic (exact) mass is 1930 g/mol. The molecule has 9 aromatic heterocycles. The van der Waals surface area contributed by atoms with Gasteiger partial charge in [0.05, 0.1) is 39.9 Å². The molecule has 17 aromatic rings. The number of methoxy groups -OCH3 is 1. The van der Waals surface area contributed by atoms with Gasteiger partial charge in [-0.05, 0) is 260 Å². The molecular weight excluding hydrogens is 1830 g/mol. The van der Waals surface area contributed by atoms with E-state index in [1.54, 1.807) is 41.0 Å². The Bertz CT molecular complexity index is 6730. The van der Waals surface area contributed by atoms with Crippen LogP contribution in [0.3, 0.4) is 0 Å². The van der Waals surface area contributed by atoms with E-state index in [1.165, 1.54) is 22.3 Å². The number of nitrogens with zero attached hydrogens (tertiary/aromatic N) is 13. The summed E-state index contributed by atoms with van der Waals surface area (Å²) in [7, 11) is 1.64. The molecule has 31 nitrogen and oxygen atoms in total. The summed E-state index contributed by atoms with van der Waals surface area (Å²) >= 11 is 18.7. The highest BCUT2D eigenvalue weighted by Gasteiger charge is 2.31. The lowest BCUT2D eigenvalue weighted by atomic mass is 9.88. The van der Waals surface area contributed by atoms with E-state index in [0.29, 0.717) is 176 Å². The Kier molecular flexibility index (Phi) is 30.6. The fourth-order valence-electron chi connectivity index (χ4n) is 18.4. The van der Waals surface area contributed by atoms with Crippen molar-refractivity contribution in [2.75, 3.05) is 112 Å². The van der Waals surface area contributed by atoms with Crippen molar-refractivity contribution in [3.63, 3.8) is 0 Å². The van der Waals surface area contributed by atoms with Gasteiger partial charge in [0.25, 0.3) is 23.6 Å². The molecule has 0 radical (unpaired) electrons. The summed E-state index contributed by atoms with van der Waals surface area (Å²) in [5.74, 6) is 10.5. The number of aliphatic hydroxyl groups excluding tert-OH is 4. The van der Waals surface area contributed by atoms with Crippen LogP contribution in [-0.4, -0.2) is 222 Å². The van der Waals surface area contributed by atoms with Crippen LogP contribution < -0.4 is 23.7 Å². The average molecular weight is 1940 g/mol. The zero-order valence-corrected chi connectivity index (χ0v) is 80.1. The molecule has 4 aliphatic rings. The molecule has 0 saturated carbocycles. The summed E-state index contributed by atoms with van der Waals surface area (Å²) in [6.07, 6.45) is 7.77. The maximum absolute atomic E-state index is 10.7. The van der Waals surface area contributed by atoms with Crippen LogP contribution in [0.2, 0.25) is 15.1 Å². The number of β-amino-alcohol motifs (C(OH)–C–C–N with tert-alkyl or cyclic N) is 4. The topological polar surface area (TPSA) is 374 Å². The Balaban J connectivity index is 0.000000122. The molecule has 4 aliphatic heterocycles. The van der Waals surface area contributed by atoms with Crippen molar-refractivity contribution in [1.29, 1.82) is 0 Å². The summed E-state index contributed by atoms with van der Waals surface area (Å²) < 4.78 is 79.7. The molecule has 0 bridgehead atoms. The Morgan fingerprint density at radius 3 is 0.949 bits per heavy atom. The molecule has 4 fully saturated rings. The summed E-state index contributed by atoms with van der Waals surface area (Å²) in [6.45, 7) is 21.6. The number of furan rings is 4. The maximum atomic E-state index is 10.7. The first-order valence-electron chi connectivity index (χ1n) is 46.7. The number of hydrogen-bond acceptors (Lipinski definition) is 31. The van der Waals surface area contributed by atoms with E-state index in [4.69, 9.17) is 98.3 Å². The van der Waals surface area contributed by atoms with Gasteiger partial charge in [-0.15, -0.1) is 40.8 Å². The smallest absolute Gasteiger partial charge is 0.283 e. The number of benzene rings is 8. The standard InChI is InChI=1S/C26H28ClN3O5.2C26H28ClN3O4.C26H26N4O5/c1-16-28-29-26(34-16)25-13-20-22(4-3-5-23(20)35-25)33-15-19(31)14-30-10-8-17(9-11-30)18-6-7-21(27)24(12-18)32-2;1-16-12-19(6-7-22(16)27)18-8-10-30(11-9-18)14-20(31)15-32-23-4-3-5-24-21(23)13-25(34-24)26-29-28-17(2)33-26;1-16-6-7-19(12-22(16)27)18-8-10-30(11-9-18)14-20(31)15-32-23-4-3-5-24-21(23)13-25(34-24)26-29-28-17(2)33-26;1-16-28-29-26(33-16)25-12-21-23(3-2-4-24(21)34-25)32-15-20(31)14-30-9-7-17(8-10-30)18-5-6-22-19(11-18)13-27-35-22/h3-7,12-13,17,19,31H,8-11,14-15H2,1-2H3;2*3-7,12-13,18,20,31H,8-11,14-15H2,1-2H3;2-6,11-13,17,20,31H,7-10,14-15H2,1H3/t19-;3*20-/m0000/s1. The molecule has 138 heavy (non-hydrogen) atoms. The van der Waals surface area contributed by atoms with E-state index in [-0.39, 0.29) is 26.4 Å². The number of aromatic nitrogens is 9. The highest BCUT2D eigenvalue weighted by atomic mass is 35.5. The summed E-state index contributed by atoms with van der Waals surface area (Å²) in [5, 5.41) is 84.4. The third-order valence-electron chi connectivity index (χ3n) is 25.8. The van der Waals surface area contributed by atoms with E-state index in [1.807, 2.05) is 135 Å². The third kappa shape index (κ3) is 23.7. The molecule has 0 amide bonds. The van der Waals surface area contributed by atoms with E-state index in [9.17, 15) is 20.4 Å². The van der Waals surface area contributed by atoms with Crippen molar-refractivity contribution >= 4 is 89.6 Å². The maximum Gasteiger partial charge on any atom is 0.283 e. The number of piperidine rings is 4. The predicted octanol–water partition coefficient (Wildman–Crippen LogP) is 20.4. The highest BCUT2D eigenvalue weighted by molar-refractivity contribution is 6.32. The van der Waals surface area contributed by atoms with E-state index >= 15 is 0 Å². The number of aliphatic hydroxyl groups is 4. The minimum atomic E-state index is -0.609. The minimum Gasteiger partial charge on any atom is -0.495 e. The predicted molar refractivity (Wildman–Crippen MR) is 521 cm³/mol. The highest BCUT2D eigenvalue weighted by Crippen LogP contribution is 2.42. The number of aryl methyl sites for hydroxylation is 6. The van der Waals surface area contributed by atoms with E-state index < -0.39 is 24.4 Å². The first kappa shape index (κ1) is 95.8. The van der Waals surface area contributed by atoms with E-state index in [2.05, 4.69) is 114 Å². The lowest BCUT2D eigenvalue weighted by molar-refractivity contribution is 0.0598. The van der Waals surface area contributed by atoms with Gasteiger partial charge in [0.15, 0.2) is 28.6 Å². The summed E-state index contributed by atoms with van der Waals surface area (Å²) in [5.41, 5.74) is 10.9. The lowest BCUT2D eigenvalue weighted by Gasteiger charge is -2.33. The largest absolute Gasteiger partial charge is 0.495 e. The van der Waals surface area contributed by atoms with Gasteiger partial charge in [0.2, 0.25) is 23.6 Å². The number of halogens is 3. The first-order chi connectivity index (χ1) is 67.0. The molecule has 0 aliphatic carbocycles. The Morgan fingerprint density at radius 2 is 0.630 bits per heavy atom. The lowest BCUT2D eigenvalue weighted by Crippen LogP contribution is -2.40. The fourth-order valence-corrected chi connectivity index (χ4v) is 18.9. The zero-order valence-electron chi connectivity index (χ0n) is 77.8. The van der Waals surface area contributed by atoms with Crippen molar-refractivity contribution in [2.45, 2.75) is 141 Å². The van der Waals surface area contributed by atoms with Crippen LogP contribution in [0, 0.1) is 41.5 Å². The second-order valence-corrected chi connectivity index (χ2v) is 37.0. The molecule has 0 unspecified atom stereocenters. The quantitative estimate of drug-likeness (QED) is 0.0338. The third-order valence-corrected chi connectivity index (χ3v) is 26.9. The first-order valence-corrected chi connectivity index (χ1v) is 47.8. The van der Waals surface area contributed by atoms with Crippen molar-refractivity contribution in [3.8, 4) is 75.4 Å². The van der Waals surface area contributed by atoms with Gasteiger partial charge in [0, 0.05) is 93.6 Å². The van der Waals surface area contributed by atoms with Crippen molar-refractivity contribution in [2.24, 2.45) is 0 Å². The molecule has 4 saturated heterocycles. The van der Waals surface area contributed by atoms with Crippen LogP contribution in [0.1, 0.15) is 132 Å². The summed E-state index contributed by atoms with van der Waals surface area (Å²) in [6, 6.07) is 54.7. The van der Waals surface area contributed by atoms with E-state index in [0.717, 1.165) is 157 Å². The van der Waals surface area contributed by atoms with Gasteiger partial charge < -0.3 is 104 Å². The van der Waals surface area contributed by atoms with Crippen molar-refractivity contribution in [1.82, 2.24) is 65.5 Å². The van der Waals surface area contributed by atoms with Crippen LogP contribution >= 0.6 is 34.8 Å². The Labute approximate surface area is 810 Å². The number of rotatable bonds is 29. The fraction of sp³-hybridized carbons (Fsp3) is 0.375. The molecular formula is C104H110Cl3N13O18. The van der Waals surface area contributed by atoms with Gasteiger partial charge in [0.1, 0.15) is 102 Å². The molecule has 21 rings (SSSR count). The van der Waals surface area contributed by atoms with Gasteiger partial charge in [-0.25, -0.2) is 0 Å². The number of ether oxygens (including phenoxy) is 5. The minimum absolute atomic E-state index is 0.188. The number of fused-ring (bicyclic) bond motifs is 5. The van der Waals surface area contributed by atoms with Gasteiger partial charge >= 0.3 is 0 Å². The van der Waals surface area contributed by atoms with Gasteiger partial charge in [-0.3, -0.25) is 0 Å². The molecule has 4 atom stereocenters. The molecule has 4 N–H and O–H groups in total. The normalized spacial score (nSPS) is 16.2.